The van der Waals surface area contributed by atoms with Crippen molar-refractivity contribution < 1.29 is 4.42 Å². The molecule has 3 heterocycles. The number of nitrogens with zero attached hydrogens (tertiary/aromatic N) is 4. The number of para-hydroxylation sites is 2. The molecule has 0 atom stereocenters. The van der Waals surface area contributed by atoms with E-state index in [1.54, 1.807) is 27.7 Å². The molecule has 0 spiro atoms. The molecule has 0 amide bonds. The van der Waals surface area contributed by atoms with Crippen molar-refractivity contribution in [1.82, 2.24) is 19.3 Å². The zero-order valence-corrected chi connectivity index (χ0v) is 15.2. The molecule has 0 bridgehead atoms. The van der Waals surface area contributed by atoms with Gasteiger partial charge in [0, 0.05) is 19.3 Å². The summed E-state index contributed by atoms with van der Waals surface area (Å²) in [5.74, 6) is 1.43. The average molecular weight is 372 g/mol. The maximum atomic E-state index is 12.0. The first-order valence-corrected chi connectivity index (χ1v) is 9.75. The Morgan fingerprint density at radius 1 is 1.20 bits per heavy atom. The van der Waals surface area contributed by atoms with E-state index in [0.717, 1.165) is 33.5 Å². The third-order valence-corrected chi connectivity index (χ3v) is 5.88. The molecular formula is C17H16N4O2S2. The van der Waals surface area contributed by atoms with Gasteiger partial charge in [-0.05, 0) is 30.0 Å². The third kappa shape index (κ3) is 3.14. The minimum Gasteiger partial charge on any atom is -0.408 e. The molecule has 0 saturated carbocycles. The lowest BCUT2D eigenvalue weighted by molar-refractivity contribution is 0.503. The average Bonchev–Trinajstić information content (AvgIpc) is 3.32. The van der Waals surface area contributed by atoms with Crippen LogP contribution in [0.2, 0.25) is 0 Å². The highest BCUT2D eigenvalue weighted by atomic mass is 32.2. The van der Waals surface area contributed by atoms with E-state index in [9.17, 15) is 4.79 Å². The van der Waals surface area contributed by atoms with Gasteiger partial charge in [0.15, 0.2) is 16.6 Å². The quantitative estimate of drug-likeness (QED) is 0.382. The molecule has 0 fully saturated rings. The molecule has 4 aromatic rings. The van der Waals surface area contributed by atoms with Crippen LogP contribution in [-0.4, -0.2) is 25.1 Å². The Morgan fingerprint density at radius 2 is 2.08 bits per heavy atom. The molecule has 6 nitrogen and oxygen atoms in total. The second-order valence-electron chi connectivity index (χ2n) is 5.53. The van der Waals surface area contributed by atoms with Gasteiger partial charge in [0.05, 0.1) is 10.4 Å². The maximum absolute atomic E-state index is 12.0. The summed E-state index contributed by atoms with van der Waals surface area (Å²) in [6.45, 7) is 0.623. The number of fused-ring (bicyclic) bond motifs is 1. The van der Waals surface area contributed by atoms with Crippen LogP contribution in [0.25, 0.3) is 21.8 Å². The molecule has 25 heavy (non-hydrogen) atoms. The first-order valence-electron chi connectivity index (χ1n) is 7.88. The highest BCUT2D eigenvalue weighted by Crippen LogP contribution is 2.26. The number of oxazole rings is 1. The fraction of sp³-hybridized carbons (Fsp3) is 0.235. The fourth-order valence-corrected chi connectivity index (χ4v) is 4.25. The normalized spacial score (nSPS) is 11.4. The van der Waals surface area contributed by atoms with E-state index < -0.39 is 0 Å². The predicted molar refractivity (Wildman–Crippen MR) is 100 cm³/mol. The number of rotatable bonds is 6. The summed E-state index contributed by atoms with van der Waals surface area (Å²) >= 11 is 3.30. The SMILES string of the molecule is Cn1c(SCCCn2c(=O)oc3ccccc32)nnc1-c1cccs1. The Labute approximate surface area is 152 Å². The minimum atomic E-state index is -0.301. The largest absolute Gasteiger partial charge is 0.419 e. The van der Waals surface area contributed by atoms with Gasteiger partial charge in [0.2, 0.25) is 0 Å². The third-order valence-electron chi connectivity index (χ3n) is 3.91. The summed E-state index contributed by atoms with van der Waals surface area (Å²) in [6, 6.07) is 11.5. The number of thiophene rings is 1. The van der Waals surface area contributed by atoms with E-state index in [1.807, 2.05) is 53.4 Å². The summed E-state index contributed by atoms with van der Waals surface area (Å²) in [5.41, 5.74) is 1.48. The van der Waals surface area contributed by atoms with E-state index in [2.05, 4.69) is 10.2 Å². The lowest BCUT2D eigenvalue weighted by Gasteiger charge is -2.03. The minimum absolute atomic E-state index is 0.301. The predicted octanol–water partition coefficient (Wildman–Crippen LogP) is 3.63. The number of benzene rings is 1. The molecule has 0 aliphatic heterocycles. The van der Waals surface area contributed by atoms with Gasteiger partial charge in [0.1, 0.15) is 0 Å². The lowest BCUT2D eigenvalue weighted by Crippen LogP contribution is -2.14. The van der Waals surface area contributed by atoms with E-state index in [4.69, 9.17) is 4.42 Å². The second kappa shape index (κ2) is 6.89. The standard InChI is InChI=1S/C17H16N4O2S2/c1-20-15(14-8-4-10-24-14)18-19-16(20)25-11-5-9-21-12-6-2-3-7-13(12)23-17(21)22/h2-4,6-8,10H,5,9,11H2,1H3. The Morgan fingerprint density at radius 3 is 2.92 bits per heavy atom. The van der Waals surface area contributed by atoms with E-state index >= 15 is 0 Å². The monoisotopic (exact) mass is 372 g/mol. The molecule has 128 valence electrons. The fourth-order valence-electron chi connectivity index (χ4n) is 2.67. The molecule has 0 unspecified atom stereocenters. The molecular weight excluding hydrogens is 356 g/mol. The van der Waals surface area contributed by atoms with Crippen molar-refractivity contribution in [3.8, 4) is 10.7 Å². The summed E-state index contributed by atoms with van der Waals surface area (Å²) in [5, 5.41) is 11.5. The Balaban J connectivity index is 1.40. The molecule has 0 saturated heterocycles. The van der Waals surface area contributed by atoms with Crippen LogP contribution in [-0.2, 0) is 13.6 Å². The number of aryl methyl sites for hydroxylation is 1. The van der Waals surface area contributed by atoms with Crippen molar-refractivity contribution >= 4 is 34.2 Å². The summed E-state index contributed by atoms with van der Waals surface area (Å²) in [7, 11) is 1.98. The van der Waals surface area contributed by atoms with Crippen molar-refractivity contribution in [3.63, 3.8) is 0 Å². The highest BCUT2D eigenvalue weighted by molar-refractivity contribution is 7.99. The molecule has 4 rings (SSSR count). The molecule has 3 aromatic heterocycles. The van der Waals surface area contributed by atoms with Crippen LogP contribution in [0.1, 0.15) is 6.42 Å². The molecule has 0 radical (unpaired) electrons. The van der Waals surface area contributed by atoms with Crippen LogP contribution < -0.4 is 5.76 Å². The Hall–Kier alpha value is -2.32. The molecule has 0 aliphatic carbocycles. The van der Waals surface area contributed by atoms with Crippen molar-refractivity contribution in [2.45, 2.75) is 18.1 Å². The van der Waals surface area contributed by atoms with Gasteiger partial charge in [-0.3, -0.25) is 4.57 Å². The summed E-state index contributed by atoms with van der Waals surface area (Å²) in [4.78, 5) is 13.1. The topological polar surface area (TPSA) is 65.8 Å². The maximum Gasteiger partial charge on any atom is 0.419 e. The second-order valence-corrected chi connectivity index (χ2v) is 7.54. The number of hydrogen-bond donors (Lipinski definition) is 0. The van der Waals surface area contributed by atoms with Gasteiger partial charge < -0.3 is 8.98 Å². The van der Waals surface area contributed by atoms with E-state index in [-0.39, 0.29) is 5.76 Å². The number of aromatic nitrogens is 4. The van der Waals surface area contributed by atoms with Crippen LogP contribution in [0.15, 0.2) is 56.1 Å². The number of thioether (sulfide) groups is 1. The van der Waals surface area contributed by atoms with Crippen molar-refractivity contribution in [3.05, 3.63) is 52.3 Å². The Kier molecular flexibility index (Phi) is 4.46. The zero-order chi connectivity index (χ0) is 17.2. The van der Waals surface area contributed by atoms with Gasteiger partial charge in [-0.15, -0.1) is 21.5 Å². The van der Waals surface area contributed by atoms with Crippen LogP contribution in [0, 0.1) is 0 Å². The molecule has 0 aliphatic rings. The Bertz CT molecular complexity index is 1050. The van der Waals surface area contributed by atoms with Gasteiger partial charge in [-0.25, -0.2) is 4.79 Å². The first-order chi connectivity index (χ1) is 12.2. The van der Waals surface area contributed by atoms with Crippen LogP contribution in [0.4, 0.5) is 0 Å². The van der Waals surface area contributed by atoms with Gasteiger partial charge in [-0.2, -0.15) is 0 Å². The molecule has 0 N–H and O–H groups in total. The first kappa shape index (κ1) is 16.2. The van der Waals surface area contributed by atoms with Gasteiger partial charge in [0.25, 0.3) is 0 Å². The van der Waals surface area contributed by atoms with E-state index in [0.29, 0.717) is 12.1 Å². The van der Waals surface area contributed by atoms with Crippen LogP contribution in [0.5, 0.6) is 0 Å². The zero-order valence-electron chi connectivity index (χ0n) is 13.6. The molecule has 8 heteroatoms. The summed E-state index contributed by atoms with van der Waals surface area (Å²) < 4.78 is 8.95. The number of hydrogen-bond acceptors (Lipinski definition) is 6. The van der Waals surface area contributed by atoms with Gasteiger partial charge in [-0.1, -0.05) is 30.0 Å². The highest BCUT2D eigenvalue weighted by Gasteiger charge is 2.12. The van der Waals surface area contributed by atoms with Gasteiger partial charge >= 0.3 is 5.76 Å². The van der Waals surface area contributed by atoms with Crippen LogP contribution >= 0.6 is 23.1 Å². The van der Waals surface area contributed by atoms with Crippen molar-refractivity contribution in [1.29, 1.82) is 0 Å². The summed E-state index contributed by atoms with van der Waals surface area (Å²) in [6.07, 6.45) is 0.843. The smallest absolute Gasteiger partial charge is 0.408 e. The molecule has 1 aromatic carbocycles. The van der Waals surface area contributed by atoms with Crippen LogP contribution in [0.3, 0.4) is 0 Å². The van der Waals surface area contributed by atoms with Crippen molar-refractivity contribution in [2.24, 2.45) is 7.05 Å². The lowest BCUT2D eigenvalue weighted by atomic mass is 10.3. The van der Waals surface area contributed by atoms with E-state index in [1.165, 1.54) is 0 Å². The van der Waals surface area contributed by atoms with Crippen molar-refractivity contribution in [2.75, 3.05) is 5.75 Å².